The van der Waals surface area contributed by atoms with Crippen LogP contribution >= 0.6 is 0 Å². The van der Waals surface area contributed by atoms with Crippen molar-refractivity contribution in [3.8, 4) is 5.75 Å². The second-order valence-corrected chi connectivity index (χ2v) is 9.44. The molecule has 1 amide bonds. The fourth-order valence-corrected chi connectivity index (χ4v) is 5.40. The lowest BCUT2D eigenvalue weighted by Crippen LogP contribution is -2.46. The van der Waals surface area contributed by atoms with Gasteiger partial charge in [0, 0.05) is 32.4 Å². The highest BCUT2D eigenvalue weighted by Gasteiger charge is 2.39. The third-order valence-electron chi connectivity index (χ3n) is 3.34. The van der Waals surface area contributed by atoms with E-state index in [0.29, 0.717) is 38.8 Å². The van der Waals surface area contributed by atoms with Crippen molar-refractivity contribution in [1.82, 2.24) is 5.32 Å². The van der Waals surface area contributed by atoms with E-state index in [1.807, 2.05) is 20.8 Å². The van der Waals surface area contributed by atoms with Crippen molar-refractivity contribution in [1.29, 1.82) is 0 Å². The van der Waals surface area contributed by atoms with E-state index >= 15 is 0 Å². The van der Waals surface area contributed by atoms with Crippen molar-refractivity contribution in [2.45, 2.75) is 38.1 Å². The van der Waals surface area contributed by atoms with E-state index in [1.54, 1.807) is 0 Å². The smallest absolute Gasteiger partial charge is 0.500 e. The maximum atomic E-state index is 11.8. The van der Waals surface area contributed by atoms with E-state index in [-0.39, 0.29) is 10.6 Å². The Hall–Kier alpha value is -1.50. The molecule has 1 N–H and O–H groups in total. The topological polar surface area (TPSA) is 123 Å². The Kier molecular flexibility index (Phi) is 9.91. The van der Waals surface area contributed by atoms with Gasteiger partial charge < -0.3 is 27.9 Å². The highest BCUT2D eigenvalue weighted by molar-refractivity contribution is 7.85. The van der Waals surface area contributed by atoms with Gasteiger partial charge in [-0.05, 0) is 51.5 Å². The molecule has 1 rings (SSSR count). The predicted molar refractivity (Wildman–Crippen MR) is 98.5 cm³/mol. The summed E-state index contributed by atoms with van der Waals surface area (Å²) in [4.78, 5) is 11.4. The van der Waals surface area contributed by atoms with Crippen LogP contribution in [0.1, 0.15) is 27.2 Å². The van der Waals surface area contributed by atoms with Crippen LogP contribution in [-0.4, -0.2) is 54.2 Å². The average molecular weight is 421 g/mol. The molecule has 0 unspecified atom stereocenters. The Morgan fingerprint density at radius 3 is 2.00 bits per heavy atom. The Morgan fingerprint density at radius 1 is 1.04 bits per heavy atom. The van der Waals surface area contributed by atoms with Crippen LogP contribution in [0.15, 0.2) is 29.2 Å². The molecule has 0 aliphatic rings. The Bertz CT molecular complexity index is 663. The Balaban J connectivity index is 2.47. The lowest BCUT2D eigenvalue weighted by atomic mass is 10.3. The lowest BCUT2D eigenvalue weighted by Gasteiger charge is -2.28. The molecule has 1 aromatic rings. The van der Waals surface area contributed by atoms with E-state index in [1.165, 1.54) is 12.1 Å². The largest absolute Gasteiger partial charge is 0.744 e. The second kappa shape index (κ2) is 11.4. The third kappa shape index (κ3) is 8.37. The molecule has 0 fully saturated rings. The molecule has 0 heterocycles. The summed E-state index contributed by atoms with van der Waals surface area (Å²) in [6.45, 7) is 7.40. The minimum atomic E-state index is -4.53. The summed E-state index contributed by atoms with van der Waals surface area (Å²) in [6, 6.07) is 5.19. The minimum Gasteiger partial charge on any atom is -0.744 e. The summed E-state index contributed by atoms with van der Waals surface area (Å²) >= 11 is 0. The van der Waals surface area contributed by atoms with Gasteiger partial charge in [-0.2, -0.15) is 0 Å². The molecule has 0 aliphatic carbocycles. The van der Waals surface area contributed by atoms with Crippen molar-refractivity contribution in [2.75, 3.05) is 26.4 Å². The van der Waals surface area contributed by atoms with Crippen LogP contribution in [0.25, 0.3) is 0 Å². The maximum absolute atomic E-state index is 11.8. The van der Waals surface area contributed by atoms with Crippen molar-refractivity contribution in [3.63, 3.8) is 0 Å². The van der Waals surface area contributed by atoms with E-state index in [0.717, 1.165) is 12.1 Å². The van der Waals surface area contributed by atoms with E-state index < -0.39 is 25.0 Å². The number of amides is 1. The number of carbonyl (C=O) groups is 1. The van der Waals surface area contributed by atoms with Gasteiger partial charge in [0.2, 0.25) is 0 Å². The van der Waals surface area contributed by atoms with Crippen LogP contribution in [0, 0.1) is 0 Å². The molecular weight excluding hydrogens is 394 g/mol. The lowest BCUT2D eigenvalue weighted by molar-refractivity contribution is 0.0708. The van der Waals surface area contributed by atoms with Crippen LogP contribution in [0.3, 0.4) is 0 Å². The van der Waals surface area contributed by atoms with E-state index in [9.17, 15) is 17.8 Å². The second-order valence-electron chi connectivity index (χ2n) is 5.33. The fourth-order valence-electron chi connectivity index (χ4n) is 2.31. The van der Waals surface area contributed by atoms with Crippen molar-refractivity contribution < 1.29 is 35.8 Å². The van der Waals surface area contributed by atoms with Gasteiger partial charge >= 0.3 is 14.9 Å². The van der Waals surface area contributed by atoms with Gasteiger partial charge in [0.05, 0.1) is 4.90 Å². The molecule has 0 saturated heterocycles. The van der Waals surface area contributed by atoms with Gasteiger partial charge in [0.15, 0.2) is 0 Å². The van der Waals surface area contributed by atoms with Gasteiger partial charge in [0.1, 0.15) is 15.9 Å². The number of hydrogen-bond donors (Lipinski definition) is 1. The Morgan fingerprint density at radius 2 is 1.56 bits per heavy atom. The predicted octanol–water partition coefficient (Wildman–Crippen LogP) is 2.12. The van der Waals surface area contributed by atoms with Gasteiger partial charge in [-0.15, -0.1) is 0 Å². The summed E-state index contributed by atoms with van der Waals surface area (Å²) in [7, 11) is -7.28. The van der Waals surface area contributed by atoms with Crippen LogP contribution < -0.4 is 10.1 Å². The molecule has 27 heavy (non-hydrogen) atoms. The summed E-state index contributed by atoms with van der Waals surface area (Å²) in [5.41, 5.74) is 0. The molecule has 0 spiro atoms. The summed E-state index contributed by atoms with van der Waals surface area (Å²) < 4.78 is 54.8. The molecule has 0 saturated carbocycles. The molecule has 0 aliphatic heterocycles. The first-order valence-corrected chi connectivity index (χ1v) is 12.0. The minimum absolute atomic E-state index is 0.126. The molecular formula is C16H26NO8SSi-. The molecule has 0 radical (unpaired) electrons. The molecule has 0 atom stereocenters. The van der Waals surface area contributed by atoms with Crippen molar-refractivity contribution in [2.24, 2.45) is 0 Å². The summed E-state index contributed by atoms with van der Waals surface area (Å²) in [6.07, 6.45) is -0.112. The summed E-state index contributed by atoms with van der Waals surface area (Å²) in [5.74, 6) is 0.126. The van der Waals surface area contributed by atoms with E-state index in [2.05, 4.69) is 5.32 Å². The zero-order valence-corrected chi connectivity index (χ0v) is 17.5. The number of hydrogen-bond acceptors (Lipinski definition) is 8. The van der Waals surface area contributed by atoms with Gasteiger partial charge in [-0.1, -0.05) is 0 Å². The van der Waals surface area contributed by atoms with E-state index in [4.69, 9.17) is 18.0 Å². The van der Waals surface area contributed by atoms with Gasteiger partial charge in [0.25, 0.3) is 0 Å². The quantitative estimate of drug-likeness (QED) is 0.310. The maximum Gasteiger partial charge on any atom is 0.500 e. The number of benzene rings is 1. The Labute approximate surface area is 161 Å². The third-order valence-corrected chi connectivity index (χ3v) is 7.35. The molecule has 1 aromatic carbocycles. The first kappa shape index (κ1) is 23.5. The zero-order valence-electron chi connectivity index (χ0n) is 15.7. The highest BCUT2D eigenvalue weighted by atomic mass is 32.2. The molecule has 0 aromatic heterocycles. The summed E-state index contributed by atoms with van der Waals surface area (Å²) in [5, 5.41) is 2.59. The number of carbonyl (C=O) groups excluding carboxylic acids is 1. The van der Waals surface area contributed by atoms with Crippen molar-refractivity contribution >= 4 is 25.0 Å². The molecule has 154 valence electrons. The highest BCUT2D eigenvalue weighted by Crippen LogP contribution is 2.18. The fraction of sp³-hybridized carbons (Fsp3) is 0.562. The van der Waals surface area contributed by atoms with Gasteiger partial charge in [-0.25, -0.2) is 13.2 Å². The van der Waals surface area contributed by atoms with Crippen LogP contribution in [0.2, 0.25) is 6.04 Å². The number of rotatable bonds is 12. The number of ether oxygens (including phenoxy) is 1. The first-order valence-electron chi connectivity index (χ1n) is 8.69. The zero-order chi connectivity index (χ0) is 20.3. The molecule has 9 nitrogen and oxygen atoms in total. The normalized spacial score (nSPS) is 12.0. The SMILES string of the molecule is CCO[Si](CCCNC(=O)Oc1ccc(S(=O)(=O)[O-])cc1)(OCC)OCC. The van der Waals surface area contributed by atoms with Crippen LogP contribution in [-0.2, 0) is 23.4 Å². The van der Waals surface area contributed by atoms with Crippen molar-refractivity contribution in [3.05, 3.63) is 24.3 Å². The standard InChI is InChI=1S/C16H27NO8SSi/c1-4-22-27(23-5-2,24-6-3)13-7-12-17-16(18)25-14-8-10-15(11-9-14)26(19,20)21/h8-11H,4-7,12-13H2,1-3H3,(H,17,18)(H,19,20,21)/p-1. The average Bonchev–Trinajstić information content (AvgIpc) is 2.59. The molecule has 0 bridgehead atoms. The monoisotopic (exact) mass is 420 g/mol. The molecule has 11 heteroatoms. The van der Waals surface area contributed by atoms with Crippen LogP contribution in [0.5, 0.6) is 5.75 Å². The van der Waals surface area contributed by atoms with Gasteiger partial charge in [-0.3, -0.25) is 0 Å². The first-order chi connectivity index (χ1) is 12.8. The van der Waals surface area contributed by atoms with Crippen LogP contribution in [0.4, 0.5) is 4.79 Å². The number of nitrogens with one attached hydrogen (secondary N) is 1.